The van der Waals surface area contributed by atoms with Crippen molar-refractivity contribution in [3.63, 3.8) is 0 Å². The fraction of sp³-hybridized carbons (Fsp3) is 0.429. The van der Waals surface area contributed by atoms with Crippen molar-refractivity contribution in [2.75, 3.05) is 25.1 Å². The fourth-order valence-electron chi connectivity index (χ4n) is 1.80. The highest BCUT2D eigenvalue weighted by Gasteiger charge is 2.21. The molecule has 0 radical (unpaired) electrons. The number of carboxylic acid groups (broad SMARTS) is 1. The number of anilines is 1. The molecule has 0 fully saturated rings. The second-order valence-electron chi connectivity index (χ2n) is 4.59. The van der Waals surface area contributed by atoms with E-state index in [0.29, 0.717) is 18.7 Å². The summed E-state index contributed by atoms with van der Waals surface area (Å²) in [5.41, 5.74) is 1.37. The zero-order valence-electron chi connectivity index (χ0n) is 11.9. The van der Waals surface area contributed by atoms with Gasteiger partial charge in [-0.1, -0.05) is 12.2 Å². The van der Waals surface area contributed by atoms with E-state index in [1.165, 1.54) is 18.4 Å². The summed E-state index contributed by atoms with van der Waals surface area (Å²) in [5.74, 6) is -1.28. The van der Waals surface area contributed by atoms with Gasteiger partial charge in [-0.25, -0.2) is 4.79 Å². The van der Waals surface area contributed by atoms with Gasteiger partial charge in [0.05, 0.1) is 19.1 Å². The number of carbonyl (C=O) groups is 2. The van der Waals surface area contributed by atoms with E-state index in [-0.39, 0.29) is 6.42 Å². The Morgan fingerprint density at radius 2 is 2.15 bits per heavy atom. The Balaban J connectivity index is 3.08. The molecule has 0 bridgehead atoms. The van der Waals surface area contributed by atoms with E-state index >= 15 is 0 Å². The van der Waals surface area contributed by atoms with Crippen LogP contribution in [0.2, 0.25) is 0 Å². The number of esters is 1. The number of hydrogen-bond acceptors (Lipinski definition) is 5. The molecule has 0 saturated carbocycles. The van der Waals surface area contributed by atoms with E-state index in [4.69, 9.17) is 9.84 Å². The zero-order chi connectivity index (χ0) is 15.3. The van der Waals surface area contributed by atoms with Crippen molar-refractivity contribution in [1.82, 2.24) is 0 Å². The maximum atomic E-state index is 11.8. The molecule has 1 heterocycles. The van der Waals surface area contributed by atoms with Gasteiger partial charge in [0.25, 0.3) is 0 Å². The number of ether oxygens (including phenoxy) is 1. The second kappa shape index (κ2) is 7.09. The van der Waals surface area contributed by atoms with Crippen molar-refractivity contribution in [2.45, 2.75) is 20.3 Å². The highest BCUT2D eigenvalue weighted by molar-refractivity contribution is 7.16. The topological polar surface area (TPSA) is 66.8 Å². The molecule has 0 aliphatic rings. The smallest absolute Gasteiger partial charge is 0.340 e. The van der Waals surface area contributed by atoms with Crippen molar-refractivity contribution >= 4 is 28.3 Å². The molecule has 20 heavy (non-hydrogen) atoms. The van der Waals surface area contributed by atoms with Gasteiger partial charge in [0.2, 0.25) is 0 Å². The maximum absolute atomic E-state index is 11.8. The minimum absolute atomic E-state index is 0.00480. The molecule has 0 saturated heterocycles. The summed E-state index contributed by atoms with van der Waals surface area (Å²) < 4.78 is 4.77. The van der Waals surface area contributed by atoms with Crippen molar-refractivity contribution in [3.05, 3.63) is 28.7 Å². The number of aliphatic carboxylic acids is 1. The van der Waals surface area contributed by atoms with Crippen LogP contribution in [0.1, 0.15) is 28.6 Å². The lowest BCUT2D eigenvalue weighted by atomic mass is 10.2. The molecule has 0 aromatic carbocycles. The summed E-state index contributed by atoms with van der Waals surface area (Å²) in [6.45, 7) is 8.45. The van der Waals surface area contributed by atoms with Crippen LogP contribution >= 0.6 is 11.3 Å². The number of rotatable bonds is 7. The molecular formula is C14H19NO4S. The molecule has 0 aliphatic carbocycles. The predicted molar refractivity (Wildman–Crippen MR) is 79.7 cm³/mol. The summed E-state index contributed by atoms with van der Waals surface area (Å²) in [6.07, 6.45) is 0.00480. The first-order valence-corrected chi connectivity index (χ1v) is 6.96. The largest absolute Gasteiger partial charge is 0.481 e. The Bertz CT molecular complexity index is 521. The van der Waals surface area contributed by atoms with Gasteiger partial charge in [-0.3, -0.25) is 4.79 Å². The lowest BCUT2D eigenvalue weighted by Crippen LogP contribution is -2.28. The van der Waals surface area contributed by atoms with E-state index < -0.39 is 11.9 Å². The van der Waals surface area contributed by atoms with Gasteiger partial charge < -0.3 is 14.7 Å². The van der Waals surface area contributed by atoms with Crippen LogP contribution < -0.4 is 4.90 Å². The van der Waals surface area contributed by atoms with E-state index in [1.807, 2.05) is 18.7 Å². The highest BCUT2D eigenvalue weighted by atomic mass is 32.1. The number of nitrogens with zero attached hydrogens (tertiary/aromatic N) is 1. The van der Waals surface area contributed by atoms with Crippen LogP contribution in [0.15, 0.2) is 18.2 Å². The van der Waals surface area contributed by atoms with Gasteiger partial charge in [-0.2, -0.15) is 0 Å². The first kappa shape index (κ1) is 16.2. The van der Waals surface area contributed by atoms with Crippen LogP contribution in [0.3, 0.4) is 0 Å². The second-order valence-corrected chi connectivity index (χ2v) is 5.82. The lowest BCUT2D eigenvalue weighted by Gasteiger charge is -2.23. The maximum Gasteiger partial charge on any atom is 0.340 e. The van der Waals surface area contributed by atoms with Crippen molar-refractivity contribution in [3.8, 4) is 0 Å². The predicted octanol–water partition coefficient (Wildman–Crippen LogP) is 2.70. The normalized spacial score (nSPS) is 10.2. The van der Waals surface area contributed by atoms with Gasteiger partial charge in [-0.05, 0) is 19.9 Å². The Morgan fingerprint density at radius 1 is 1.50 bits per heavy atom. The van der Waals surface area contributed by atoms with Crippen LogP contribution in [-0.2, 0) is 9.53 Å². The van der Waals surface area contributed by atoms with Crippen LogP contribution in [-0.4, -0.2) is 37.2 Å². The molecule has 0 unspecified atom stereocenters. The molecular weight excluding hydrogens is 278 g/mol. The van der Waals surface area contributed by atoms with Gasteiger partial charge in [0.1, 0.15) is 5.00 Å². The molecule has 0 spiro atoms. The van der Waals surface area contributed by atoms with Gasteiger partial charge in [-0.15, -0.1) is 11.3 Å². The molecule has 0 aliphatic heterocycles. The number of thiophene rings is 1. The molecule has 0 amide bonds. The summed E-state index contributed by atoms with van der Waals surface area (Å²) in [7, 11) is 1.33. The van der Waals surface area contributed by atoms with Gasteiger partial charge >= 0.3 is 11.9 Å². The van der Waals surface area contributed by atoms with Crippen molar-refractivity contribution in [2.24, 2.45) is 0 Å². The Hall–Kier alpha value is -1.82. The molecule has 6 heteroatoms. The molecule has 1 rings (SSSR count). The van der Waals surface area contributed by atoms with Gasteiger partial charge in [0.15, 0.2) is 0 Å². The number of hydrogen-bond donors (Lipinski definition) is 1. The standard InChI is InChI=1S/C14H19NO4S/c1-9(2)8-15(6-5-12(16)17)13-11(14(18)19-4)7-10(3)20-13/h7H,1,5-6,8H2,2-4H3,(H,16,17). The van der Waals surface area contributed by atoms with E-state index in [9.17, 15) is 9.59 Å². The number of methoxy groups -OCH3 is 1. The molecule has 1 aromatic heterocycles. The van der Waals surface area contributed by atoms with Crippen molar-refractivity contribution < 1.29 is 19.4 Å². The first-order valence-electron chi connectivity index (χ1n) is 6.15. The molecule has 1 N–H and O–H groups in total. The first-order chi connectivity index (χ1) is 9.35. The lowest BCUT2D eigenvalue weighted by molar-refractivity contribution is -0.136. The quantitative estimate of drug-likeness (QED) is 0.619. The third-order valence-corrected chi connectivity index (χ3v) is 3.70. The van der Waals surface area contributed by atoms with Crippen LogP contribution in [0.25, 0.3) is 0 Å². The Morgan fingerprint density at radius 3 is 2.65 bits per heavy atom. The Kier molecular flexibility index (Phi) is 5.76. The minimum Gasteiger partial charge on any atom is -0.481 e. The SMILES string of the molecule is C=C(C)CN(CCC(=O)O)c1sc(C)cc1C(=O)OC. The molecule has 0 atom stereocenters. The van der Waals surface area contributed by atoms with Crippen LogP contribution in [0, 0.1) is 6.92 Å². The monoisotopic (exact) mass is 297 g/mol. The Labute approximate surface area is 122 Å². The average Bonchev–Trinajstić information content (AvgIpc) is 2.75. The molecule has 110 valence electrons. The van der Waals surface area contributed by atoms with E-state index in [1.54, 1.807) is 6.07 Å². The fourth-order valence-corrected chi connectivity index (χ4v) is 2.82. The average molecular weight is 297 g/mol. The summed E-state index contributed by atoms with van der Waals surface area (Å²) >= 11 is 1.45. The van der Waals surface area contributed by atoms with Crippen LogP contribution in [0.5, 0.6) is 0 Å². The molecule has 1 aromatic rings. The van der Waals surface area contributed by atoms with E-state index in [0.717, 1.165) is 15.5 Å². The van der Waals surface area contributed by atoms with Crippen LogP contribution in [0.4, 0.5) is 5.00 Å². The molecule has 5 nitrogen and oxygen atoms in total. The highest BCUT2D eigenvalue weighted by Crippen LogP contribution is 2.32. The minimum atomic E-state index is -0.871. The third-order valence-electron chi connectivity index (χ3n) is 2.58. The summed E-state index contributed by atoms with van der Waals surface area (Å²) in [5, 5.41) is 9.57. The number of carbonyl (C=O) groups excluding carboxylic acids is 1. The summed E-state index contributed by atoms with van der Waals surface area (Å²) in [6, 6.07) is 1.76. The van der Waals surface area contributed by atoms with Crippen molar-refractivity contribution in [1.29, 1.82) is 0 Å². The summed E-state index contributed by atoms with van der Waals surface area (Å²) in [4.78, 5) is 25.4. The van der Waals surface area contributed by atoms with E-state index in [2.05, 4.69) is 6.58 Å². The number of aryl methyl sites for hydroxylation is 1. The third kappa shape index (κ3) is 4.38. The number of carboxylic acids is 1. The zero-order valence-corrected chi connectivity index (χ0v) is 12.7. The van der Waals surface area contributed by atoms with Gasteiger partial charge in [0, 0.05) is 18.0 Å².